The highest BCUT2D eigenvalue weighted by Gasteiger charge is 2.39. The Balaban J connectivity index is 1.66. The highest BCUT2D eigenvalue weighted by atomic mass is 35.5. The summed E-state index contributed by atoms with van der Waals surface area (Å²) in [5.74, 6) is -0.839. The molecule has 1 saturated heterocycles. The summed E-state index contributed by atoms with van der Waals surface area (Å²) in [4.78, 5) is 26.6. The van der Waals surface area contributed by atoms with Gasteiger partial charge >= 0.3 is 5.97 Å². The summed E-state index contributed by atoms with van der Waals surface area (Å²) in [7, 11) is -3.10. The average molecular weight is 400 g/mol. The Labute approximate surface area is 158 Å². The number of benzene rings is 1. The minimum Gasteiger partial charge on any atom is -0.452 e. The van der Waals surface area contributed by atoms with Crippen molar-refractivity contribution in [3.8, 4) is 0 Å². The molecule has 1 saturated carbocycles. The number of carbonyl (C=O) groups excluding carboxylic acids is 2. The van der Waals surface area contributed by atoms with Gasteiger partial charge in [0.25, 0.3) is 5.91 Å². The van der Waals surface area contributed by atoms with Gasteiger partial charge in [0.05, 0.1) is 17.1 Å². The van der Waals surface area contributed by atoms with Gasteiger partial charge in [0.15, 0.2) is 16.4 Å². The Kier molecular flexibility index (Phi) is 5.87. The Bertz CT molecular complexity index is 789. The molecule has 142 valence electrons. The molecule has 2 fully saturated rings. The molecule has 0 bridgehead atoms. The number of sulfone groups is 1. The molecule has 1 aliphatic carbocycles. The van der Waals surface area contributed by atoms with Gasteiger partial charge in [-0.05, 0) is 37.5 Å². The lowest BCUT2D eigenvalue weighted by molar-refractivity contribution is -0.139. The van der Waals surface area contributed by atoms with Crippen LogP contribution in [0.4, 0.5) is 0 Å². The van der Waals surface area contributed by atoms with Gasteiger partial charge in [0.1, 0.15) is 0 Å². The van der Waals surface area contributed by atoms with E-state index in [0.717, 1.165) is 25.7 Å². The van der Waals surface area contributed by atoms with E-state index in [1.807, 2.05) is 0 Å². The zero-order valence-electron chi connectivity index (χ0n) is 14.4. The van der Waals surface area contributed by atoms with Crippen LogP contribution in [0.25, 0.3) is 0 Å². The molecule has 0 N–H and O–H groups in total. The highest BCUT2D eigenvalue weighted by Crippen LogP contribution is 2.29. The third-order valence-electron chi connectivity index (χ3n) is 4.99. The molecule has 0 aromatic heterocycles. The molecular formula is C18H22ClNO5S. The number of hydrogen-bond acceptors (Lipinski definition) is 5. The summed E-state index contributed by atoms with van der Waals surface area (Å²) in [6, 6.07) is 6.04. The standard InChI is InChI=1S/C18H22ClNO5S/c19-14-5-3-4-13(10-14)18(22)25-11-17(21)20(15-6-1-2-7-15)16-8-9-26(23,24)12-16/h3-5,10,15-16H,1-2,6-9,11-12H2/t16-/m0/s1. The van der Waals surface area contributed by atoms with Gasteiger partial charge in [0.2, 0.25) is 0 Å². The van der Waals surface area contributed by atoms with Crippen molar-refractivity contribution in [1.29, 1.82) is 0 Å². The maximum absolute atomic E-state index is 12.8. The van der Waals surface area contributed by atoms with E-state index in [4.69, 9.17) is 16.3 Å². The van der Waals surface area contributed by atoms with Crippen molar-refractivity contribution in [3.05, 3.63) is 34.9 Å². The van der Waals surface area contributed by atoms with E-state index in [1.165, 1.54) is 6.07 Å². The Hall–Kier alpha value is -1.60. The van der Waals surface area contributed by atoms with Crippen molar-refractivity contribution >= 4 is 33.3 Å². The second-order valence-electron chi connectivity index (χ2n) is 6.88. The number of esters is 1. The van der Waals surface area contributed by atoms with Crippen molar-refractivity contribution in [1.82, 2.24) is 4.90 Å². The molecule has 1 aromatic rings. The topological polar surface area (TPSA) is 80.8 Å². The van der Waals surface area contributed by atoms with Gasteiger partial charge in [-0.2, -0.15) is 0 Å². The fourth-order valence-electron chi connectivity index (χ4n) is 3.78. The third-order valence-corrected chi connectivity index (χ3v) is 6.98. The van der Waals surface area contributed by atoms with Crippen molar-refractivity contribution in [3.63, 3.8) is 0 Å². The van der Waals surface area contributed by atoms with E-state index in [0.29, 0.717) is 11.4 Å². The van der Waals surface area contributed by atoms with Gasteiger partial charge in [0, 0.05) is 17.1 Å². The van der Waals surface area contributed by atoms with Crippen LogP contribution in [0.2, 0.25) is 5.02 Å². The fourth-order valence-corrected chi connectivity index (χ4v) is 5.68. The molecule has 0 radical (unpaired) electrons. The average Bonchev–Trinajstić information content (AvgIpc) is 3.23. The number of hydrogen-bond donors (Lipinski definition) is 0. The smallest absolute Gasteiger partial charge is 0.338 e. The molecule has 1 aliphatic heterocycles. The minimum absolute atomic E-state index is 0.00250. The predicted molar refractivity (Wildman–Crippen MR) is 97.9 cm³/mol. The molecule has 1 atom stereocenters. The lowest BCUT2D eigenvalue weighted by atomic mass is 10.1. The highest BCUT2D eigenvalue weighted by molar-refractivity contribution is 7.91. The summed E-state index contributed by atoms with van der Waals surface area (Å²) in [5, 5.41) is 0.412. The van der Waals surface area contributed by atoms with Gasteiger partial charge in [-0.1, -0.05) is 30.5 Å². The zero-order valence-corrected chi connectivity index (χ0v) is 16.0. The Morgan fingerprint density at radius 2 is 1.88 bits per heavy atom. The summed E-state index contributed by atoms with van der Waals surface area (Å²) < 4.78 is 28.8. The van der Waals surface area contributed by atoms with Crippen molar-refractivity contribution in [2.75, 3.05) is 18.1 Å². The summed E-state index contributed by atoms with van der Waals surface area (Å²) in [6.45, 7) is -0.390. The number of ether oxygens (including phenoxy) is 1. The lowest BCUT2D eigenvalue weighted by Gasteiger charge is -2.33. The molecule has 3 rings (SSSR count). The molecule has 0 spiro atoms. The van der Waals surface area contributed by atoms with Gasteiger partial charge in [-0.25, -0.2) is 13.2 Å². The number of carbonyl (C=O) groups is 2. The van der Waals surface area contributed by atoms with Gasteiger partial charge in [-0.3, -0.25) is 4.79 Å². The third kappa shape index (κ3) is 4.57. The monoisotopic (exact) mass is 399 g/mol. The fraction of sp³-hybridized carbons (Fsp3) is 0.556. The molecule has 26 heavy (non-hydrogen) atoms. The minimum atomic E-state index is -3.10. The molecule has 0 unspecified atom stereocenters. The van der Waals surface area contributed by atoms with Gasteiger partial charge < -0.3 is 9.64 Å². The first-order valence-electron chi connectivity index (χ1n) is 8.80. The van der Waals surface area contributed by atoms with Crippen LogP contribution in [0.1, 0.15) is 42.5 Å². The van der Waals surface area contributed by atoms with E-state index < -0.39 is 22.4 Å². The number of rotatable bonds is 5. The largest absolute Gasteiger partial charge is 0.452 e. The number of halogens is 1. The summed E-state index contributed by atoms with van der Waals surface area (Å²) in [6.07, 6.45) is 4.23. The van der Waals surface area contributed by atoms with Crippen molar-refractivity contribution in [2.24, 2.45) is 0 Å². The summed E-state index contributed by atoms with van der Waals surface area (Å²) >= 11 is 5.86. The van der Waals surface area contributed by atoms with E-state index in [1.54, 1.807) is 23.1 Å². The van der Waals surface area contributed by atoms with Crippen molar-refractivity contribution in [2.45, 2.75) is 44.2 Å². The van der Waals surface area contributed by atoms with E-state index in [2.05, 4.69) is 0 Å². The molecule has 1 heterocycles. The normalized spacial score (nSPS) is 22.3. The first-order valence-corrected chi connectivity index (χ1v) is 11.0. The van der Waals surface area contributed by atoms with E-state index >= 15 is 0 Å². The maximum atomic E-state index is 12.8. The Morgan fingerprint density at radius 3 is 2.50 bits per heavy atom. The van der Waals surface area contributed by atoms with Crippen LogP contribution in [0.15, 0.2) is 24.3 Å². The SMILES string of the molecule is O=C(OCC(=O)N(C1CCCC1)[C@H]1CCS(=O)(=O)C1)c1cccc(Cl)c1. The predicted octanol–water partition coefficient (Wildman–Crippen LogP) is 2.46. The van der Waals surface area contributed by atoms with Crippen LogP contribution >= 0.6 is 11.6 Å². The van der Waals surface area contributed by atoms with Crippen LogP contribution in [0, 0.1) is 0 Å². The van der Waals surface area contributed by atoms with E-state index in [9.17, 15) is 18.0 Å². The van der Waals surface area contributed by atoms with Gasteiger partial charge in [-0.15, -0.1) is 0 Å². The molecule has 1 amide bonds. The second kappa shape index (κ2) is 7.96. The number of nitrogens with zero attached hydrogens (tertiary/aromatic N) is 1. The summed E-state index contributed by atoms with van der Waals surface area (Å²) in [5.41, 5.74) is 0.279. The molecular weight excluding hydrogens is 378 g/mol. The maximum Gasteiger partial charge on any atom is 0.338 e. The molecule has 2 aliphatic rings. The quantitative estimate of drug-likeness (QED) is 0.710. The zero-order chi connectivity index (χ0) is 18.7. The van der Waals surface area contributed by atoms with Crippen molar-refractivity contribution < 1.29 is 22.7 Å². The van der Waals surface area contributed by atoms with E-state index in [-0.39, 0.29) is 35.1 Å². The number of amides is 1. The van der Waals surface area contributed by atoms with Crippen LogP contribution in [-0.4, -0.2) is 55.4 Å². The van der Waals surface area contributed by atoms with Crippen LogP contribution in [0.3, 0.4) is 0 Å². The molecule has 1 aromatic carbocycles. The second-order valence-corrected chi connectivity index (χ2v) is 9.55. The Morgan fingerprint density at radius 1 is 1.15 bits per heavy atom. The van der Waals surface area contributed by atoms with Crippen LogP contribution in [-0.2, 0) is 19.4 Å². The molecule has 6 nitrogen and oxygen atoms in total. The molecule has 8 heteroatoms. The first-order chi connectivity index (χ1) is 12.4. The first kappa shape index (κ1) is 19.2. The van der Waals surface area contributed by atoms with Crippen LogP contribution < -0.4 is 0 Å². The van der Waals surface area contributed by atoms with Crippen LogP contribution in [0.5, 0.6) is 0 Å². The lowest BCUT2D eigenvalue weighted by Crippen LogP contribution is -2.48.